The predicted molar refractivity (Wildman–Crippen MR) is 143 cm³/mol. The van der Waals surface area contributed by atoms with E-state index in [0.717, 1.165) is 26.2 Å². The molecule has 2 amide bonds. The van der Waals surface area contributed by atoms with Crippen LogP contribution >= 0.6 is 27.7 Å². The third-order valence-corrected chi connectivity index (χ3v) is 7.60. The summed E-state index contributed by atoms with van der Waals surface area (Å²) in [5, 5.41) is 3.10. The van der Waals surface area contributed by atoms with Gasteiger partial charge in [-0.3, -0.25) is 9.59 Å². The summed E-state index contributed by atoms with van der Waals surface area (Å²) < 4.78 is 11.9. The summed E-state index contributed by atoms with van der Waals surface area (Å²) >= 11 is 5.11. The minimum atomic E-state index is -0.671. The van der Waals surface area contributed by atoms with E-state index in [1.165, 1.54) is 7.11 Å². The maximum absolute atomic E-state index is 13.9. The van der Waals surface area contributed by atoms with Gasteiger partial charge >= 0.3 is 0 Å². The second-order valence-electron chi connectivity index (χ2n) is 8.35. The molecule has 0 unspecified atom stereocenters. The molecule has 3 aromatic rings. The third-order valence-electron chi connectivity index (χ3n) is 6.36. The molecular formula is C27H27BrN2O4S. The number of thioether (sulfide) groups is 1. The van der Waals surface area contributed by atoms with Crippen LogP contribution in [0.25, 0.3) is 0 Å². The second kappa shape index (κ2) is 10.3. The number of nitrogens with zero attached hydrogens (tertiary/aromatic N) is 1. The van der Waals surface area contributed by atoms with Crippen LogP contribution in [0.15, 0.2) is 64.0 Å². The fourth-order valence-corrected chi connectivity index (χ4v) is 5.41. The van der Waals surface area contributed by atoms with Crippen molar-refractivity contribution in [2.75, 3.05) is 32.8 Å². The van der Waals surface area contributed by atoms with Crippen LogP contribution in [0, 0.1) is 6.92 Å². The molecule has 0 saturated carbocycles. The Morgan fingerprint density at radius 3 is 2.29 bits per heavy atom. The van der Waals surface area contributed by atoms with Crippen LogP contribution in [-0.4, -0.2) is 44.2 Å². The Morgan fingerprint density at radius 1 is 1.03 bits per heavy atom. The number of carbonyl (C=O) groups excluding carboxylic acids is 2. The van der Waals surface area contributed by atoms with E-state index in [4.69, 9.17) is 9.47 Å². The van der Waals surface area contributed by atoms with E-state index in [1.807, 2.05) is 55.6 Å². The lowest BCUT2D eigenvalue weighted by Gasteiger charge is -2.40. The van der Waals surface area contributed by atoms with Gasteiger partial charge in [0.25, 0.3) is 5.91 Å². The van der Waals surface area contributed by atoms with Gasteiger partial charge in [-0.05, 0) is 72.3 Å². The molecule has 1 N–H and O–H groups in total. The lowest BCUT2D eigenvalue weighted by atomic mass is 9.79. The molecule has 1 aliphatic heterocycles. The predicted octanol–water partition coefficient (Wildman–Crippen LogP) is 6.05. The van der Waals surface area contributed by atoms with Gasteiger partial charge in [0.1, 0.15) is 0 Å². The average Bonchev–Trinajstić information content (AvgIpc) is 2.86. The average molecular weight is 555 g/mol. The summed E-state index contributed by atoms with van der Waals surface area (Å²) in [5.74, 6) is -0.141. The van der Waals surface area contributed by atoms with E-state index in [9.17, 15) is 9.59 Å². The lowest BCUT2D eigenvalue weighted by Crippen LogP contribution is -2.44. The van der Waals surface area contributed by atoms with Crippen molar-refractivity contribution >= 4 is 45.2 Å². The Bertz CT molecular complexity index is 1280. The van der Waals surface area contributed by atoms with Gasteiger partial charge in [0.2, 0.25) is 5.91 Å². The van der Waals surface area contributed by atoms with Crippen LogP contribution in [0.2, 0.25) is 0 Å². The van der Waals surface area contributed by atoms with E-state index >= 15 is 0 Å². The Morgan fingerprint density at radius 2 is 1.69 bits per heavy atom. The van der Waals surface area contributed by atoms with E-state index in [-0.39, 0.29) is 11.8 Å². The van der Waals surface area contributed by atoms with Crippen LogP contribution in [0.1, 0.15) is 39.0 Å². The summed E-state index contributed by atoms with van der Waals surface area (Å²) in [5.41, 5.74) is 3.57. The number of ether oxygens (including phenoxy) is 2. The molecule has 0 aliphatic carbocycles. The van der Waals surface area contributed by atoms with Crippen LogP contribution in [-0.2, 0) is 4.79 Å². The number of aryl methyl sites for hydroxylation is 1. The normalized spacial score (nSPS) is 17.1. The van der Waals surface area contributed by atoms with Crippen LogP contribution < -0.4 is 14.8 Å². The number of likely N-dealkylation sites (N-methyl/N-ethyl adjacent to an activating group) is 1. The fourth-order valence-electron chi connectivity index (χ4n) is 4.53. The number of amides is 2. The number of nitrogens with one attached hydrogen (secondary N) is 1. The molecule has 0 saturated heterocycles. The van der Waals surface area contributed by atoms with Gasteiger partial charge in [-0.2, -0.15) is 0 Å². The van der Waals surface area contributed by atoms with E-state index < -0.39 is 12.0 Å². The number of hydrogen-bond acceptors (Lipinski definition) is 5. The molecule has 6 nitrogen and oxygen atoms in total. The van der Waals surface area contributed by atoms with Crippen LogP contribution in [0.3, 0.4) is 0 Å². The molecule has 0 radical (unpaired) electrons. The Kier molecular flexibility index (Phi) is 7.42. The molecular weight excluding hydrogens is 528 g/mol. The molecule has 4 rings (SSSR count). The third kappa shape index (κ3) is 4.77. The largest absolute Gasteiger partial charge is 0.493 e. The van der Waals surface area contributed by atoms with Crippen molar-refractivity contribution in [2.24, 2.45) is 0 Å². The highest BCUT2D eigenvalue weighted by atomic mass is 79.9. The fraction of sp³-hybridized carbons (Fsp3) is 0.259. The second-order valence-corrected chi connectivity index (χ2v) is 10.1. The molecule has 0 aromatic heterocycles. The molecule has 35 heavy (non-hydrogen) atoms. The van der Waals surface area contributed by atoms with Gasteiger partial charge in [0.15, 0.2) is 11.5 Å². The Labute approximate surface area is 218 Å². The SMILES string of the molecule is COc1cc2c(cc1OC)[C@@H](C(=O)Nc1ccc(Br)cc1C)[C@@H](c1ccc(SC)cc1)N(C)C2=O. The monoisotopic (exact) mass is 554 g/mol. The first-order valence-corrected chi connectivity index (χ1v) is 13.0. The van der Waals surface area contributed by atoms with Crippen molar-refractivity contribution in [1.29, 1.82) is 0 Å². The zero-order valence-electron chi connectivity index (χ0n) is 20.2. The summed E-state index contributed by atoms with van der Waals surface area (Å²) in [6.45, 7) is 1.94. The summed E-state index contributed by atoms with van der Waals surface area (Å²) in [4.78, 5) is 30.2. The minimum absolute atomic E-state index is 0.177. The molecule has 0 bridgehead atoms. The number of rotatable bonds is 6. The maximum Gasteiger partial charge on any atom is 0.254 e. The first kappa shape index (κ1) is 25.1. The van der Waals surface area contributed by atoms with Gasteiger partial charge in [-0.15, -0.1) is 11.8 Å². The first-order valence-electron chi connectivity index (χ1n) is 11.0. The first-order chi connectivity index (χ1) is 16.8. The highest BCUT2D eigenvalue weighted by Crippen LogP contribution is 2.46. The number of benzene rings is 3. The topological polar surface area (TPSA) is 67.9 Å². The zero-order valence-corrected chi connectivity index (χ0v) is 22.6. The molecule has 0 spiro atoms. The summed E-state index contributed by atoms with van der Waals surface area (Å²) in [6.07, 6.45) is 2.01. The quantitative estimate of drug-likeness (QED) is 0.376. The van der Waals surface area contributed by atoms with Gasteiger partial charge in [0, 0.05) is 27.7 Å². The minimum Gasteiger partial charge on any atom is -0.493 e. The van der Waals surface area contributed by atoms with Crippen LogP contribution in [0.5, 0.6) is 11.5 Å². The Hall–Kier alpha value is -2.97. The molecule has 1 aliphatic rings. The van der Waals surface area contributed by atoms with Gasteiger partial charge < -0.3 is 19.7 Å². The highest BCUT2D eigenvalue weighted by Gasteiger charge is 2.43. The van der Waals surface area contributed by atoms with Crippen molar-refractivity contribution in [1.82, 2.24) is 4.90 Å². The molecule has 2 atom stereocenters. The van der Waals surface area contributed by atoms with Gasteiger partial charge in [-0.1, -0.05) is 28.1 Å². The maximum atomic E-state index is 13.9. The summed E-state index contributed by atoms with van der Waals surface area (Å²) in [7, 11) is 4.80. The number of halogens is 1. The van der Waals surface area contributed by atoms with E-state index in [2.05, 4.69) is 21.2 Å². The van der Waals surface area contributed by atoms with E-state index in [1.54, 1.807) is 43.0 Å². The molecule has 3 aromatic carbocycles. The highest BCUT2D eigenvalue weighted by molar-refractivity contribution is 9.10. The Balaban J connectivity index is 1.87. The number of anilines is 1. The molecule has 182 valence electrons. The van der Waals surface area contributed by atoms with Crippen LogP contribution in [0.4, 0.5) is 5.69 Å². The number of hydrogen-bond donors (Lipinski definition) is 1. The lowest BCUT2D eigenvalue weighted by molar-refractivity contribution is -0.119. The van der Waals surface area contributed by atoms with Crippen molar-refractivity contribution in [3.63, 3.8) is 0 Å². The smallest absolute Gasteiger partial charge is 0.254 e. The number of methoxy groups -OCH3 is 2. The van der Waals surface area contributed by atoms with Crippen molar-refractivity contribution in [3.05, 3.63) is 81.3 Å². The van der Waals surface area contributed by atoms with E-state index in [0.29, 0.717) is 22.6 Å². The van der Waals surface area contributed by atoms with Gasteiger partial charge in [-0.25, -0.2) is 0 Å². The molecule has 1 heterocycles. The zero-order chi connectivity index (χ0) is 25.3. The summed E-state index contributed by atoms with van der Waals surface area (Å²) in [6, 6.07) is 16.6. The molecule has 0 fully saturated rings. The van der Waals surface area contributed by atoms with Crippen molar-refractivity contribution in [2.45, 2.75) is 23.8 Å². The van der Waals surface area contributed by atoms with Gasteiger partial charge in [0.05, 0.1) is 26.2 Å². The standard InChI is InChI=1S/C27H27BrN2O4S/c1-15-12-17(28)8-11-21(15)29-26(31)24-19-13-22(33-3)23(34-4)14-20(19)27(32)30(2)25(24)16-6-9-18(35-5)10-7-16/h6-14,24-25H,1-5H3,(H,29,31)/t24-,25-/m1/s1. The molecule has 8 heteroatoms. The van der Waals surface area contributed by atoms with Crippen molar-refractivity contribution in [3.8, 4) is 11.5 Å². The van der Waals surface area contributed by atoms with Crippen molar-refractivity contribution < 1.29 is 19.1 Å². The number of carbonyl (C=O) groups is 2. The number of fused-ring (bicyclic) bond motifs is 1.